The fraction of sp³-hybridized carbons (Fsp3) is 0.600. The Morgan fingerprint density at radius 3 is 2.79 bits per heavy atom. The number of benzene rings is 1. The van der Waals surface area contributed by atoms with Crippen LogP contribution in [0.2, 0.25) is 0 Å². The molecule has 0 spiro atoms. The lowest BCUT2D eigenvalue weighted by Crippen LogP contribution is -2.35. The van der Waals surface area contributed by atoms with Crippen LogP contribution in [0.3, 0.4) is 0 Å². The Bertz CT molecular complexity index is 459. The molecule has 2 aliphatic rings. The van der Waals surface area contributed by atoms with E-state index in [0.717, 1.165) is 31.6 Å². The van der Waals surface area contributed by atoms with E-state index in [1.54, 1.807) is 12.1 Å². The minimum Gasteiger partial charge on any atom is -0.306 e. The molecule has 1 aromatic rings. The maximum absolute atomic E-state index is 13.7. The number of nitrogens with zero attached hydrogens (tertiary/aromatic N) is 1. The second-order valence-electron chi connectivity index (χ2n) is 5.74. The largest absolute Gasteiger partial charge is 0.306 e. The van der Waals surface area contributed by atoms with E-state index >= 15 is 0 Å². The van der Waals surface area contributed by atoms with Gasteiger partial charge in [-0.15, -0.1) is 0 Å². The van der Waals surface area contributed by atoms with E-state index in [4.69, 9.17) is 0 Å². The first-order valence-corrected chi connectivity index (χ1v) is 7.09. The van der Waals surface area contributed by atoms with Crippen molar-refractivity contribution in [3.05, 3.63) is 35.4 Å². The molecule has 2 unspecified atom stereocenters. The van der Waals surface area contributed by atoms with Crippen LogP contribution in [0.15, 0.2) is 18.2 Å². The summed E-state index contributed by atoms with van der Waals surface area (Å²) in [6, 6.07) is 5.41. The summed E-state index contributed by atoms with van der Waals surface area (Å²) in [6.45, 7) is 4.06. The van der Waals surface area contributed by atoms with Gasteiger partial charge in [-0.2, -0.15) is 0 Å². The van der Waals surface area contributed by atoms with Gasteiger partial charge in [-0.05, 0) is 32.3 Å². The van der Waals surface area contributed by atoms with Gasteiger partial charge in [-0.25, -0.2) is 8.78 Å². The van der Waals surface area contributed by atoms with Gasteiger partial charge in [-0.3, -0.25) is 4.90 Å². The quantitative estimate of drug-likeness (QED) is 0.901. The van der Waals surface area contributed by atoms with Crippen molar-refractivity contribution in [3.8, 4) is 0 Å². The van der Waals surface area contributed by atoms with E-state index in [-0.39, 0.29) is 6.04 Å². The van der Waals surface area contributed by atoms with Crippen molar-refractivity contribution in [1.82, 2.24) is 10.2 Å². The molecule has 1 aromatic carbocycles. The lowest BCUT2D eigenvalue weighted by atomic mass is 10.1. The molecule has 1 aliphatic heterocycles. The van der Waals surface area contributed by atoms with Crippen molar-refractivity contribution in [2.24, 2.45) is 0 Å². The Morgan fingerprint density at radius 1 is 1.26 bits per heavy atom. The van der Waals surface area contributed by atoms with Gasteiger partial charge in [0.2, 0.25) is 0 Å². The van der Waals surface area contributed by atoms with Gasteiger partial charge in [0, 0.05) is 36.8 Å². The van der Waals surface area contributed by atoms with Crippen molar-refractivity contribution in [3.63, 3.8) is 0 Å². The zero-order valence-electron chi connectivity index (χ0n) is 11.2. The van der Waals surface area contributed by atoms with Crippen LogP contribution in [-0.2, 0) is 0 Å². The molecule has 2 atom stereocenters. The lowest BCUT2D eigenvalue weighted by molar-refractivity contribution is 0.313. The Balaban J connectivity index is 1.61. The molecular weight excluding hydrogens is 246 g/mol. The summed E-state index contributed by atoms with van der Waals surface area (Å²) in [5.41, 5.74) is 0.421. The maximum atomic E-state index is 13.7. The molecule has 0 bridgehead atoms. The Morgan fingerprint density at radius 2 is 2.05 bits per heavy atom. The van der Waals surface area contributed by atoms with E-state index in [0.29, 0.717) is 11.6 Å². The van der Waals surface area contributed by atoms with Crippen LogP contribution in [0.5, 0.6) is 0 Å². The summed E-state index contributed by atoms with van der Waals surface area (Å²) < 4.78 is 26.9. The number of likely N-dealkylation sites (tertiary alicyclic amines) is 1. The molecule has 19 heavy (non-hydrogen) atoms. The van der Waals surface area contributed by atoms with Gasteiger partial charge in [0.15, 0.2) is 11.6 Å². The van der Waals surface area contributed by atoms with Gasteiger partial charge in [0.25, 0.3) is 0 Å². The third-order valence-electron chi connectivity index (χ3n) is 4.22. The van der Waals surface area contributed by atoms with Crippen molar-refractivity contribution in [2.75, 3.05) is 13.1 Å². The fourth-order valence-corrected chi connectivity index (χ4v) is 2.99. The number of hydrogen-bond donors (Lipinski definition) is 1. The molecule has 1 N–H and O–H groups in total. The number of rotatable bonds is 4. The molecule has 2 nitrogen and oxygen atoms in total. The van der Waals surface area contributed by atoms with E-state index in [2.05, 4.69) is 10.2 Å². The normalized spacial score (nSPS) is 25.7. The van der Waals surface area contributed by atoms with E-state index < -0.39 is 11.6 Å². The van der Waals surface area contributed by atoms with Crippen LogP contribution in [0.25, 0.3) is 0 Å². The highest BCUT2D eigenvalue weighted by molar-refractivity contribution is 5.22. The third kappa shape index (κ3) is 2.79. The number of hydrogen-bond acceptors (Lipinski definition) is 2. The van der Waals surface area contributed by atoms with Crippen molar-refractivity contribution in [2.45, 2.75) is 44.3 Å². The molecule has 4 heteroatoms. The highest BCUT2D eigenvalue weighted by Crippen LogP contribution is 2.30. The molecular formula is C15H20F2N2. The molecule has 104 valence electrons. The average Bonchev–Trinajstić information content (AvgIpc) is 3.14. The SMILES string of the molecule is CC(NC1CCN(C2CC2)C1)c1cccc(F)c1F. The molecule has 3 rings (SSSR count). The molecule has 0 aromatic heterocycles. The van der Waals surface area contributed by atoms with Crippen LogP contribution in [0, 0.1) is 11.6 Å². The summed E-state index contributed by atoms with van der Waals surface area (Å²) in [5.74, 6) is -1.49. The van der Waals surface area contributed by atoms with Gasteiger partial charge in [-0.1, -0.05) is 12.1 Å². The zero-order valence-corrected chi connectivity index (χ0v) is 11.2. The zero-order chi connectivity index (χ0) is 13.4. The predicted molar refractivity (Wildman–Crippen MR) is 70.9 cm³/mol. The molecule has 0 amide bonds. The number of halogens is 2. The van der Waals surface area contributed by atoms with Crippen LogP contribution >= 0.6 is 0 Å². The molecule has 1 heterocycles. The second-order valence-corrected chi connectivity index (χ2v) is 5.74. The van der Waals surface area contributed by atoms with Crippen molar-refractivity contribution >= 4 is 0 Å². The van der Waals surface area contributed by atoms with E-state index in [1.165, 1.54) is 12.8 Å². The summed E-state index contributed by atoms with van der Waals surface area (Å²) in [4.78, 5) is 2.51. The summed E-state index contributed by atoms with van der Waals surface area (Å²) in [7, 11) is 0. The fourth-order valence-electron chi connectivity index (χ4n) is 2.99. The topological polar surface area (TPSA) is 15.3 Å². The maximum Gasteiger partial charge on any atom is 0.163 e. The van der Waals surface area contributed by atoms with Gasteiger partial charge in [0.05, 0.1) is 0 Å². The van der Waals surface area contributed by atoms with Crippen LogP contribution in [0.1, 0.15) is 37.8 Å². The minimum atomic E-state index is -0.767. The van der Waals surface area contributed by atoms with E-state index in [1.807, 2.05) is 6.92 Å². The highest BCUT2D eigenvalue weighted by atomic mass is 19.2. The van der Waals surface area contributed by atoms with Crippen molar-refractivity contribution in [1.29, 1.82) is 0 Å². The highest BCUT2D eigenvalue weighted by Gasteiger charge is 2.34. The monoisotopic (exact) mass is 266 g/mol. The molecule has 2 fully saturated rings. The standard InChI is InChI=1S/C15H20F2N2/c1-10(13-3-2-4-14(16)15(13)17)18-11-7-8-19(9-11)12-5-6-12/h2-4,10-12,18H,5-9H2,1H3. The summed E-state index contributed by atoms with van der Waals surface area (Å²) in [6.07, 6.45) is 3.74. The molecule has 1 saturated carbocycles. The first-order chi connectivity index (χ1) is 9.15. The molecule has 1 saturated heterocycles. The first kappa shape index (κ1) is 13.0. The minimum absolute atomic E-state index is 0.153. The third-order valence-corrected chi connectivity index (χ3v) is 4.22. The van der Waals surface area contributed by atoms with Gasteiger partial charge >= 0.3 is 0 Å². The second kappa shape index (κ2) is 5.17. The van der Waals surface area contributed by atoms with Crippen LogP contribution < -0.4 is 5.32 Å². The first-order valence-electron chi connectivity index (χ1n) is 7.09. The summed E-state index contributed by atoms with van der Waals surface area (Å²) >= 11 is 0. The lowest BCUT2D eigenvalue weighted by Gasteiger charge is -2.21. The smallest absolute Gasteiger partial charge is 0.163 e. The summed E-state index contributed by atoms with van der Waals surface area (Å²) in [5, 5.41) is 3.43. The van der Waals surface area contributed by atoms with E-state index in [9.17, 15) is 8.78 Å². The van der Waals surface area contributed by atoms with Gasteiger partial charge in [0.1, 0.15) is 0 Å². The van der Waals surface area contributed by atoms with Crippen LogP contribution in [0.4, 0.5) is 8.78 Å². The predicted octanol–water partition coefficient (Wildman–Crippen LogP) is 2.85. The Kier molecular flexibility index (Phi) is 3.54. The Labute approximate surface area is 112 Å². The van der Waals surface area contributed by atoms with Gasteiger partial charge < -0.3 is 5.32 Å². The van der Waals surface area contributed by atoms with Crippen LogP contribution in [-0.4, -0.2) is 30.1 Å². The Hall–Kier alpha value is -1.00. The average molecular weight is 266 g/mol. The molecule has 0 radical (unpaired) electrons. The van der Waals surface area contributed by atoms with Crippen molar-refractivity contribution < 1.29 is 8.78 Å². The molecule has 1 aliphatic carbocycles. The number of nitrogens with one attached hydrogen (secondary N) is 1.